The van der Waals surface area contributed by atoms with E-state index in [1.54, 1.807) is 19.2 Å². The molecule has 0 aromatic heterocycles. The third-order valence-electron chi connectivity index (χ3n) is 3.08. The Morgan fingerprint density at radius 3 is 2.59 bits per heavy atom. The van der Waals surface area contributed by atoms with Crippen LogP contribution in [0.2, 0.25) is 0 Å². The highest BCUT2D eigenvalue weighted by atomic mass is 127. The van der Waals surface area contributed by atoms with Crippen molar-refractivity contribution >= 4 is 29.9 Å². The van der Waals surface area contributed by atoms with Crippen molar-refractivity contribution in [3.05, 3.63) is 35.6 Å². The zero-order valence-corrected chi connectivity index (χ0v) is 15.7. The van der Waals surface area contributed by atoms with Gasteiger partial charge in [0, 0.05) is 33.4 Å². The number of hydrogen-bond donors (Lipinski definition) is 2. The van der Waals surface area contributed by atoms with Crippen LogP contribution in [-0.4, -0.2) is 39.3 Å². The molecule has 2 N–H and O–H groups in total. The average molecular weight is 423 g/mol. The van der Waals surface area contributed by atoms with Crippen LogP contribution in [-0.2, 0) is 11.2 Å². The first-order valence-corrected chi connectivity index (χ1v) is 7.53. The molecule has 1 aromatic carbocycles. The summed E-state index contributed by atoms with van der Waals surface area (Å²) in [6.07, 6.45) is 2.71. The van der Waals surface area contributed by atoms with E-state index in [1.165, 1.54) is 6.07 Å². The van der Waals surface area contributed by atoms with Gasteiger partial charge in [0.25, 0.3) is 0 Å². The molecule has 0 bridgehead atoms. The molecule has 22 heavy (non-hydrogen) atoms. The highest BCUT2D eigenvalue weighted by Crippen LogP contribution is 2.05. The van der Waals surface area contributed by atoms with Crippen molar-refractivity contribution in [2.24, 2.45) is 4.99 Å². The molecule has 0 fully saturated rings. The van der Waals surface area contributed by atoms with Crippen LogP contribution in [0.1, 0.15) is 25.3 Å². The lowest BCUT2D eigenvalue weighted by molar-refractivity contribution is 0.143. The summed E-state index contributed by atoms with van der Waals surface area (Å²) in [6.45, 7) is 5.08. The second kappa shape index (κ2) is 13.8. The lowest BCUT2D eigenvalue weighted by Gasteiger charge is -2.12. The van der Waals surface area contributed by atoms with E-state index in [1.807, 2.05) is 13.0 Å². The molecule has 0 heterocycles. The highest BCUT2D eigenvalue weighted by Gasteiger charge is 2.01. The first-order valence-electron chi connectivity index (χ1n) is 7.53. The molecule has 0 saturated heterocycles. The molecule has 0 unspecified atom stereocenters. The van der Waals surface area contributed by atoms with Gasteiger partial charge in [-0.2, -0.15) is 0 Å². The summed E-state index contributed by atoms with van der Waals surface area (Å²) >= 11 is 0. The standard InChI is InChI=1S/C16H26FN3O.HI/c1-3-21-13-7-6-11-19-16(18-2)20-12-10-14-8-4-5-9-15(14)17;/h4-5,8-9H,3,6-7,10-13H2,1-2H3,(H2,18,19,20);1H. The summed E-state index contributed by atoms with van der Waals surface area (Å²) in [4.78, 5) is 4.15. The van der Waals surface area contributed by atoms with E-state index >= 15 is 0 Å². The van der Waals surface area contributed by atoms with Crippen molar-refractivity contribution in [2.75, 3.05) is 33.4 Å². The van der Waals surface area contributed by atoms with Crippen LogP contribution >= 0.6 is 24.0 Å². The molecule has 6 heteroatoms. The molecule has 0 atom stereocenters. The van der Waals surface area contributed by atoms with E-state index in [4.69, 9.17) is 4.74 Å². The molecule has 0 saturated carbocycles. The molecule has 1 rings (SSSR count). The summed E-state index contributed by atoms with van der Waals surface area (Å²) in [5.74, 6) is 0.598. The van der Waals surface area contributed by atoms with Crippen molar-refractivity contribution in [1.29, 1.82) is 0 Å². The lowest BCUT2D eigenvalue weighted by atomic mass is 10.1. The lowest BCUT2D eigenvalue weighted by Crippen LogP contribution is -2.38. The topological polar surface area (TPSA) is 45.6 Å². The Hall–Kier alpha value is -0.890. The zero-order valence-electron chi connectivity index (χ0n) is 13.4. The fraction of sp³-hybridized carbons (Fsp3) is 0.562. The number of benzene rings is 1. The van der Waals surface area contributed by atoms with Gasteiger partial charge in [-0.05, 0) is 37.8 Å². The predicted octanol–water partition coefficient (Wildman–Crippen LogP) is 2.97. The van der Waals surface area contributed by atoms with Crippen LogP contribution in [0.4, 0.5) is 4.39 Å². The van der Waals surface area contributed by atoms with E-state index in [-0.39, 0.29) is 29.8 Å². The first kappa shape index (κ1) is 21.1. The zero-order chi connectivity index (χ0) is 15.3. The number of hydrogen-bond acceptors (Lipinski definition) is 2. The van der Waals surface area contributed by atoms with Crippen LogP contribution < -0.4 is 10.6 Å². The third-order valence-corrected chi connectivity index (χ3v) is 3.08. The molecule has 0 aliphatic rings. The second-order valence-corrected chi connectivity index (χ2v) is 4.67. The van der Waals surface area contributed by atoms with Gasteiger partial charge in [0.1, 0.15) is 5.82 Å². The normalized spacial score (nSPS) is 11.0. The molecule has 0 spiro atoms. The summed E-state index contributed by atoms with van der Waals surface area (Å²) in [6, 6.07) is 6.85. The van der Waals surface area contributed by atoms with Gasteiger partial charge in [0.05, 0.1) is 0 Å². The van der Waals surface area contributed by atoms with Gasteiger partial charge in [-0.3, -0.25) is 4.99 Å². The van der Waals surface area contributed by atoms with Crippen LogP contribution in [0, 0.1) is 5.82 Å². The minimum absolute atomic E-state index is 0. The van der Waals surface area contributed by atoms with Gasteiger partial charge in [0.15, 0.2) is 5.96 Å². The Morgan fingerprint density at radius 2 is 1.91 bits per heavy atom. The number of aliphatic imine (C=N–C) groups is 1. The van der Waals surface area contributed by atoms with Crippen LogP contribution in [0.15, 0.2) is 29.3 Å². The number of ether oxygens (including phenoxy) is 1. The van der Waals surface area contributed by atoms with E-state index in [0.29, 0.717) is 13.0 Å². The van der Waals surface area contributed by atoms with Crippen LogP contribution in [0.3, 0.4) is 0 Å². The molecule has 126 valence electrons. The Morgan fingerprint density at radius 1 is 1.18 bits per heavy atom. The smallest absolute Gasteiger partial charge is 0.190 e. The summed E-state index contributed by atoms with van der Waals surface area (Å²) < 4.78 is 18.7. The minimum atomic E-state index is -0.154. The van der Waals surface area contributed by atoms with Gasteiger partial charge in [-0.25, -0.2) is 4.39 Å². The maximum atomic E-state index is 13.5. The number of nitrogens with one attached hydrogen (secondary N) is 2. The molecule has 1 aromatic rings. The summed E-state index contributed by atoms with van der Waals surface area (Å²) in [7, 11) is 1.73. The highest BCUT2D eigenvalue weighted by molar-refractivity contribution is 14.0. The fourth-order valence-corrected chi connectivity index (χ4v) is 1.92. The van der Waals surface area contributed by atoms with Gasteiger partial charge < -0.3 is 15.4 Å². The molecular weight excluding hydrogens is 396 g/mol. The maximum absolute atomic E-state index is 13.5. The van der Waals surface area contributed by atoms with Crippen molar-refractivity contribution in [1.82, 2.24) is 10.6 Å². The van der Waals surface area contributed by atoms with Gasteiger partial charge >= 0.3 is 0 Å². The molecular formula is C16H27FIN3O. The number of rotatable bonds is 9. The monoisotopic (exact) mass is 423 g/mol. The molecule has 0 radical (unpaired) electrons. The first-order chi connectivity index (χ1) is 10.3. The van der Waals surface area contributed by atoms with E-state index in [2.05, 4.69) is 15.6 Å². The van der Waals surface area contributed by atoms with E-state index < -0.39 is 0 Å². The van der Waals surface area contributed by atoms with Gasteiger partial charge in [-0.1, -0.05) is 18.2 Å². The quantitative estimate of drug-likeness (QED) is 0.278. The Kier molecular flexibility index (Phi) is 13.2. The van der Waals surface area contributed by atoms with Crippen molar-refractivity contribution < 1.29 is 9.13 Å². The van der Waals surface area contributed by atoms with Crippen molar-refractivity contribution in [3.63, 3.8) is 0 Å². The molecule has 0 aliphatic heterocycles. The van der Waals surface area contributed by atoms with E-state index in [0.717, 1.165) is 44.1 Å². The fourth-order valence-electron chi connectivity index (χ4n) is 1.92. The minimum Gasteiger partial charge on any atom is -0.382 e. The maximum Gasteiger partial charge on any atom is 0.190 e. The summed E-state index contributed by atoms with van der Waals surface area (Å²) in [5, 5.41) is 6.42. The Labute approximate surface area is 149 Å². The average Bonchev–Trinajstić information content (AvgIpc) is 2.50. The predicted molar refractivity (Wildman–Crippen MR) is 101 cm³/mol. The van der Waals surface area contributed by atoms with Crippen molar-refractivity contribution in [3.8, 4) is 0 Å². The van der Waals surface area contributed by atoms with E-state index in [9.17, 15) is 4.39 Å². The number of guanidine groups is 1. The largest absolute Gasteiger partial charge is 0.382 e. The van der Waals surface area contributed by atoms with Gasteiger partial charge in [0.2, 0.25) is 0 Å². The van der Waals surface area contributed by atoms with Crippen molar-refractivity contribution in [2.45, 2.75) is 26.2 Å². The summed E-state index contributed by atoms with van der Waals surface area (Å²) in [5.41, 5.74) is 0.720. The number of halogens is 2. The third kappa shape index (κ3) is 9.19. The second-order valence-electron chi connectivity index (χ2n) is 4.67. The number of unbranched alkanes of at least 4 members (excludes halogenated alkanes) is 1. The van der Waals surface area contributed by atoms with Crippen LogP contribution in [0.25, 0.3) is 0 Å². The molecule has 0 amide bonds. The number of nitrogens with zero attached hydrogens (tertiary/aromatic N) is 1. The Bertz CT molecular complexity index is 430. The molecule has 4 nitrogen and oxygen atoms in total. The Balaban J connectivity index is 0.00000441. The van der Waals surface area contributed by atoms with Gasteiger partial charge in [-0.15, -0.1) is 24.0 Å². The molecule has 0 aliphatic carbocycles. The van der Waals surface area contributed by atoms with Crippen LogP contribution in [0.5, 0.6) is 0 Å². The SMILES string of the molecule is CCOCCCCNC(=NC)NCCc1ccccc1F.I.